The lowest BCUT2D eigenvalue weighted by Crippen LogP contribution is -2.34. The normalized spacial score (nSPS) is 12.4. The SMILES string of the molecule is CC(NC(=O)OC(C)(C)C)c1ccccc1NC(N)=S. The van der Waals surface area contributed by atoms with Gasteiger partial charge in [0.25, 0.3) is 0 Å². The van der Waals surface area contributed by atoms with Crippen LogP contribution in [0.4, 0.5) is 10.5 Å². The summed E-state index contributed by atoms with van der Waals surface area (Å²) in [4.78, 5) is 11.8. The zero-order valence-electron chi connectivity index (χ0n) is 12.2. The average Bonchev–Trinajstić information content (AvgIpc) is 2.25. The number of para-hydroxylation sites is 1. The van der Waals surface area contributed by atoms with Crippen LogP contribution in [0.5, 0.6) is 0 Å². The number of thiocarbonyl (C=S) groups is 1. The molecule has 0 fully saturated rings. The molecule has 0 radical (unpaired) electrons. The Balaban J connectivity index is 2.79. The molecule has 0 saturated carbocycles. The third-order valence-corrected chi connectivity index (χ3v) is 2.52. The van der Waals surface area contributed by atoms with Gasteiger partial charge in [0.2, 0.25) is 0 Å². The molecule has 4 N–H and O–H groups in total. The Labute approximate surface area is 124 Å². The monoisotopic (exact) mass is 295 g/mol. The van der Waals surface area contributed by atoms with Crippen LogP contribution in [0.3, 0.4) is 0 Å². The molecule has 0 heterocycles. The molecule has 1 aromatic rings. The van der Waals surface area contributed by atoms with Crippen molar-refractivity contribution in [1.82, 2.24) is 5.32 Å². The van der Waals surface area contributed by atoms with Gasteiger partial charge in [0, 0.05) is 5.69 Å². The van der Waals surface area contributed by atoms with Crippen molar-refractivity contribution < 1.29 is 9.53 Å². The maximum absolute atomic E-state index is 11.8. The lowest BCUT2D eigenvalue weighted by Gasteiger charge is -2.23. The molecule has 20 heavy (non-hydrogen) atoms. The fourth-order valence-electron chi connectivity index (χ4n) is 1.68. The number of hydrogen-bond acceptors (Lipinski definition) is 3. The van der Waals surface area contributed by atoms with Crippen molar-refractivity contribution in [2.75, 3.05) is 5.32 Å². The highest BCUT2D eigenvalue weighted by Gasteiger charge is 2.19. The summed E-state index contributed by atoms with van der Waals surface area (Å²) in [6.45, 7) is 7.32. The molecule has 1 rings (SSSR count). The van der Waals surface area contributed by atoms with Crippen molar-refractivity contribution in [1.29, 1.82) is 0 Å². The number of carbonyl (C=O) groups is 1. The van der Waals surface area contributed by atoms with E-state index in [1.165, 1.54) is 0 Å². The van der Waals surface area contributed by atoms with Crippen LogP contribution in [0.25, 0.3) is 0 Å². The minimum atomic E-state index is -0.527. The van der Waals surface area contributed by atoms with Gasteiger partial charge in [0.05, 0.1) is 6.04 Å². The molecular formula is C14H21N3O2S. The van der Waals surface area contributed by atoms with Gasteiger partial charge < -0.3 is 21.1 Å². The first-order chi connectivity index (χ1) is 9.19. The predicted octanol–water partition coefficient (Wildman–Crippen LogP) is 2.93. The second-order valence-electron chi connectivity index (χ2n) is 5.44. The van der Waals surface area contributed by atoms with Crippen LogP contribution in [-0.2, 0) is 4.74 Å². The summed E-state index contributed by atoms with van der Waals surface area (Å²) in [5, 5.41) is 5.86. The summed E-state index contributed by atoms with van der Waals surface area (Å²) < 4.78 is 5.23. The second kappa shape index (κ2) is 6.56. The van der Waals surface area contributed by atoms with E-state index in [-0.39, 0.29) is 11.2 Å². The standard InChI is InChI=1S/C14H21N3O2S/c1-9(16-13(18)19-14(2,3)4)10-7-5-6-8-11(10)17-12(15)20/h5-9H,1-4H3,(H,16,18)(H3,15,17,20). The molecule has 0 bridgehead atoms. The van der Waals surface area contributed by atoms with Gasteiger partial charge in [-0.05, 0) is 51.5 Å². The van der Waals surface area contributed by atoms with Gasteiger partial charge in [-0.3, -0.25) is 0 Å². The van der Waals surface area contributed by atoms with Crippen molar-refractivity contribution in [3.05, 3.63) is 29.8 Å². The summed E-state index contributed by atoms with van der Waals surface area (Å²) in [7, 11) is 0. The van der Waals surface area contributed by atoms with E-state index in [4.69, 9.17) is 22.7 Å². The zero-order chi connectivity index (χ0) is 15.3. The molecule has 1 unspecified atom stereocenters. The van der Waals surface area contributed by atoms with E-state index in [1.54, 1.807) is 0 Å². The Morgan fingerprint density at radius 3 is 2.50 bits per heavy atom. The number of nitrogens with two attached hydrogens (primary N) is 1. The van der Waals surface area contributed by atoms with Crippen LogP contribution in [-0.4, -0.2) is 16.8 Å². The third-order valence-electron chi connectivity index (χ3n) is 2.42. The number of ether oxygens (including phenoxy) is 1. The molecule has 0 aliphatic rings. The molecule has 0 spiro atoms. The highest BCUT2D eigenvalue weighted by Crippen LogP contribution is 2.22. The Bertz CT molecular complexity index is 497. The highest BCUT2D eigenvalue weighted by atomic mass is 32.1. The minimum Gasteiger partial charge on any atom is -0.444 e. The summed E-state index contributed by atoms with van der Waals surface area (Å²) in [6, 6.07) is 7.25. The number of rotatable bonds is 3. The summed E-state index contributed by atoms with van der Waals surface area (Å²) in [5.41, 5.74) is 6.61. The minimum absolute atomic E-state index is 0.182. The first kappa shape index (κ1) is 16.2. The van der Waals surface area contributed by atoms with Crippen molar-refractivity contribution >= 4 is 29.1 Å². The maximum atomic E-state index is 11.8. The first-order valence-corrected chi connectivity index (χ1v) is 6.75. The molecule has 1 amide bonds. The highest BCUT2D eigenvalue weighted by molar-refractivity contribution is 7.80. The maximum Gasteiger partial charge on any atom is 0.408 e. The van der Waals surface area contributed by atoms with Crippen LogP contribution in [0, 0.1) is 0 Å². The van der Waals surface area contributed by atoms with Gasteiger partial charge in [0.15, 0.2) is 5.11 Å². The van der Waals surface area contributed by atoms with E-state index in [0.717, 1.165) is 11.3 Å². The topological polar surface area (TPSA) is 76.4 Å². The first-order valence-electron chi connectivity index (χ1n) is 6.34. The molecule has 1 atom stereocenters. The fourth-order valence-corrected chi connectivity index (χ4v) is 1.79. The van der Waals surface area contributed by atoms with E-state index in [9.17, 15) is 4.79 Å². The molecule has 110 valence electrons. The van der Waals surface area contributed by atoms with E-state index >= 15 is 0 Å². The van der Waals surface area contributed by atoms with Crippen molar-refractivity contribution in [3.63, 3.8) is 0 Å². The number of carbonyl (C=O) groups excluding carboxylic acids is 1. The van der Waals surface area contributed by atoms with Crippen molar-refractivity contribution in [3.8, 4) is 0 Å². The molecule has 1 aromatic carbocycles. The van der Waals surface area contributed by atoms with Gasteiger partial charge in [0.1, 0.15) is 5.60 Å². The Morgan fingerprint density at radius 1 is 1.35 bits per heavy atom. The fraction of sp³-hybridized carbons (Fsp3) is 0.429. The lowest BCUT2D eigenvalue weighted by atomic mass is 10.1. The number of amides is 1. The van der Waals surface area contributed by atoms with E-state index < -0.39 is 11.7 Å². The summed E-state index contributed by atoms with van der Waals surface area (Å²) in [6.07, 6.45) is -0.463. The largest absolute Gasteiger partial charge is 0.444 e. The number of nitrogens with one attached hydrogen (secondary N) is 2. The average molecular weight is 295 g/mol. The summed E-state index contributed by atoms with van der Waals surface area (Å²) >= 11 is 4.84. The number of benzene rings is 1. The van der Waals surface area contributed by atoms with E-state index in [2.05, 4.69) is 10.6 Å². The Kier molecular flexibility index (Phi) is 5.33. The smallest absolute Gasteiger partial charge is 0.408 e. The quantitative estimate of drug-likeness (QED) is 0.747. The van der Waals surface area contributed by atoms with Crippen LogP contribution in [0.1, 0.15) is 39.3 Å². The van der Waals surface area contributed by atoms with Crippen LogP contribution in [0.2, 0.25) is 0 Å². The molecular weight excluding hydrogens is 274 g/mol. The Hall–Kier alpha value is -1.82. The van der Waals surface area contributed by atoms with Gasteiger partial charge in [-0.15, -0.1) is 0 Å². The summed E-state index contributed by atoms with van der Waals surface area (Å²) in [5.74, 6) is 0. The third kappa shape index (κ3) is 5.44. The van der Waals surface area contributed by atoms with Crippen LogP contribution < -0.4 is 16.4 Å². The van der Waals surface area contributed by atoms with E-state index in [0.29, 0.717) is 0 Å². The van der Waals surface area contributed by atoms with Crippen LogP contribution in [0.15, 0.2) is 24.3 Å². The van der Waals surface area contributed by atoms with E-state index in [1.807, 2.05) is 52.0 Å². The molecule has 6 heteroatoms. The molecule has 0 aliphatic carbocycles. The number of anilines is 1. The molecule has 0 saturated heterocycles. The number of alkyl carbamates (subject to hydrolysis) is 1. The van der Waals surface area contributed by atoms with Gasteiger partial charge in [-0.25, -0.2) is 4.79 Å². The molecule has 0 aromatic heterocycles. The lowest BCUT2D eigenvalue weighted by molar-refractivity contribution is 0.0508. The Morgan fingerprint density at radius 2 is 1.95 bits per heavy atom. The van der Waals surface area contributed by atoms with Gasteiger partial charge in [-0.1, -0.05) is 18.2 Å². The zero-order valence-corrected chi connectivity index (χ0v) is 13.0. The second-order valence-corrected chi connectivity index (χ2v) is 5.88. The predicted molar refractivity (Wildman–Crippen MR) is 84.6 cm³/mol. The van der Waals surface area contributed by atoms with Crippen molar-refractivity contribution in [2.45, 2.75) is 39.3 Å². The number of hydrogen-bond donors (Lipinski definition) is 3. The van der Waals surface area contributed by atoms with Crippen molar-refractivity contribution in [2.24, 2.45) is 5.73 Å². The molecule has 5 nitrogen and oxygen atoms in total. The van der Waals surface area contributed by atoms with Gasteiger partial charge in [-0.2, -0.15) is 0 Å². The molecule has 0 aliphatic heterocycles. The van der Waals surface area contributed by atoms with Crippen LogP contribution >= 0.6 is 12.2 Å². The van der Waals surface area contributed by atoms with Gasteiger partial charge >= 0.3 is 6.09 Å².